The minimum atomic E-state index is -0.220. The van der Waals surface area contributed by atoms with E-state index in [4.69, 9.17) is 0 Å². The summed E-state index contributed by atoms with van der Waals surface area (Å²) in [4.78, 5) is 26.2. The number of phenols is 1. The van der Waals surface area contributed by atoms with Crippen LogP contribution in [0, 0.1) is 23.7 Å². The molecule has 3 aliphatic rings. The van der Waals surface area contributed by atoms with Crippen LogP contribution in [0.3, 0.4) is 0 Å². The van der Waals surface area contributed by atoms with Crippen molar-refractivity contribution in [2.24, 2.45) is 23.7 Å². The summed E-state index contributed by atoms with van der Waals surface area (Å²) in [7, 11) is 0. The van der Waals surface area contributed by atoms with Crippen LogP contribution in [-0.2, 0) is 9.59 Å². The molecule has 0 spiro atoms. The number of hydrogen-bond acceptors (Lipinski definition) is 3. The zero-order chi connectivity index (χ0) is 13.1. The summed E-state index contributed by atoms with van der Waals surface area (Å²) in [6.07, 6.45) is 5.04. The van der Waals surface area contributed by atoms with Crippen molar-refractivity contribution in [3.05, 3.63) is 36.4 Å². The molecule has 19 heavy (non-hydrogen) atoms. The molecule has 1 heterocycles. The van der Waals surface area contributed by atoms with E-state index in [1.165, 1.54) is 11.0 Å². The predicted octanol–water partition coefficient (Wildman–Crippen LogP) is 1.70. The summed E-state index contributed by atoms with van der Waals surface area (Å²) in [5.74, 6) is -0.389. The molecule has 2 fully saturated rings. The number of amides is 2. The van der Waals surface area contributed by atoms with Gasteiger partial charge in [0.2, 0.25) is 11.8 Å². The first-order valence-electron chi connectivity index (χ1n) is 6.52. The van der Waals surface area contributed by atoms with E-state index in [-0.39, 0.29) is 41.2 Å². The minimum absolute atomic E-state index is 0.0236. The Bertz CT molecular complexity index is 592. The van der Waals surface area contributed by atoms with Gasteiger partial charge >= 0.3 is 0 Å². The van der Waals surface area contributed by atoms with E-state index in [1.54, 1.807) is 18.2 Å². The zero-order valence-corrected chi connectivity index (χ0v) is 10.2. The van der Waals surface area contributed by atoms with Crippen molar-refractivity contribution < 1.29 is 14.7 Å². The Morgan fingerprint density at radius 3 is 2.16 bits per heavy atom. The largest absolute Gasteiger partial charge is 0.506 e. The van der Waals surface area contributed by atoms with E-state index >= 15 is 0 Å². The fourth-order valence-corrected chi connectivity index (χ4v) is 3.79. The lowest BCUT2D eigenvalue weighted by atomic mass is 9.85. The van der Waals surface area contributed by atoms with E-state index in [1.807, 2.05) is 0 Å². The van der Waals surface area contributed by atoms with Crippen LogP contribution in [0.2, 0.25) is 0 Å². The van der Waals surface area contributed by atoms with E-state index in [0.717, 1.165) is 6.42 Å². The molecule has 0 unspecified atom stereocenters. The zero-order valence-electron chi connectivity index (χ0n) is 10.2. The molecule has 0 aromatic heterocycles. The lowest BCUT2D eigenvalue weighted by Crippen LogP contribution is -2.32. The molecule has 4 heteroatoms. The number of allylic oxidation sites excluding steroid dienone is 2. The molecular formula is C15H13NO3. The monoisotopic (exact) mass is 255 g/mol. The molecule has 1 aromatic rings. The van der Waals surface area contributed by atoms with Crippen molar-refractivity contribution in [1.82, 2.24) is 0 Å². The first-order valence-corrected chi connectivity index (χ1v) is 6.52. The topological polar surface area (TPSA) is 57.6 Å². The molecule has 2 amide bonds. The Hall–Kier alpha value is -2.10. The predicted molar refractivity (Wildman–Crippen MR) is 68.3 cm³/mol. The summed E-state index contributed by atoms with van der Waals surface area (Å²) in [6, 6.07) is 6.50. The smallest absolute Gasteiger partial charge is 0.238 e. The summed E-state index contributed by atoms with van der Waals surface area (Å²) in [6.45, 7) is 0. The molecule has 4 rings (SSSR count). The maximum atomic E-state index is 12.5. The molecule has 0 radical (unpaired) electrons. The van der Waals surface area contributed by atoms with Crippen molar-refractivity contribution in [2.75, 3.05) is 4.90 Å². The summed E-state index contributed by atoms with van der Waals surface area (Å²) >= 11 is 0. The van der Waals surface area contributed by atoms with Crippen LogP contribution in [0.4, 0.5) is 5.69 Å². The number of rotatable bonds is 1. The van der Waals surface area contributed by atoms with Crippen molar-refractivity contribution in [3.63, 3.8) is 0 Å². The summed E-state index contributed by atoms with van der Waals surface area (Å²) in [5.41, 5.74) is 0.311. The van der Waals surface area contributed by atoms with Crippen molar-refractivity contribution in [1.29, 1.82) is 0 Å². The van der Waals surface area contributed by atoms with Gasteiger partial charge in [-0.05, 0) is 30.4 Å². The fraction of sp³-hybridized carbons (Fsp3) is 0.333. The average molecular weight is 255 g/mol. The SMILES string of the molecule is O=C1[C@@H]2[C@H](C(=O)N1c1ccccc1O)[C@@H]1C=C[C@@H]2C1. The second-order valence-corrected chi connectivity index (χ2v) is 5.50. The number of aromatic hydroxyl groups is 1. The van der Waals surface area contributed by atoms with Gasteiger partial charge in [-0.2, -0.15) is 0 Å². The highest BCUT2D eigenvalue weighted by Gasteiger charge is 2.59. The number of fused-ring (bicyclic) bond motifs is 5. The third-order valence-electron chi connectivity index (χ3n) is 4.59. The molecule has 1 aromatic carbocycles. The Kier molecular flexibility index (Phi) is 1.97. The van der Waals surface area contributed by atoms with Crippen LogP contribution in [0.25, 0.3) is 0 Å². The molecular weight excluding hydrogens is 242 g/mol. The Morgan fingerprint density at radius 1 is 1.00 bits per heavy atom. The Labute approximate surface area is 110 Å². The van der Waals surface area contributed by atoms with E-state index in [0.29, 0.717) is 5.69 Å². The van der Waals surface area contributed by atoms with Gasteiger partial charge in [-0.15, -0.1) is 0 Å². The number of anilines is 1. The number of carbonyl (C=O) groups is 2. The molecule has 4 atom stereocenters. The van der Waals surface area contributed by atoms with Gasteiger partial charge in [0.05, 0.1) is 17.5 Å². The first-order chi connectivity index (χ1) is 9.18. The van der Waals surface area contributed by atoms with Gasteiger partial charge in [-0.1, -0.05) is 24.3 Å². The van der Waals surface area contributed by atoms with Crippen LogP contribution in [0.1, 0.15) is 6.42 Å². The molecule has 2 bridgehead atoms. The number of hydrogen-bond donors (Lipinski definition) is 1. The maximum Gasteiger partial charge on any atom is 0.238 e. The van der Waals surface area contributed by atoms with Gasteiger partial charge in [-0.25, -0.2) is 4.90 Å². The number of benzene rings is 1. The molecule has 1 N–H and O–H groups in total. The number of nitrogens with zero attached hydrogens (tertiary/aromatic N) is 1. The van der Waals surface area contributed by atoms with Crippen LogP contribution in [-0.4, -0.2) is 16.9 Å². The van der Waals surface area contributed by atoms with Crippen LogP contribution < -0.4 is 4.90 Å². The standard InChI is InChI=1S/C15H13NO3/c17-11-4-2-1-3-10(11)16-14(18)12-8-5-6-9(7-8)13(12)15(16)19/h1-6,8-9,12-13,17H,7H2/t8-,9-,12-,13+/m1/s1. The molecule has 1 saturated carbocycles. The van der Waals surface area contributed by atoms with Crippen LogP contribution >= 0.6 is 0 Å². The third-order valence-corrected chi connectivity index (χ3v) is 4.59. The van der Waals surface area contributed by atoms with Crippen molar-refractivity contribution >= 4 is 17.5 Å². The average Bonchev–Trinajstić information content (AvgIpc) is 3.06. The van der Waals surface area contributed by atoms with Crippen LogP contribution in [0.15, 0.2) is 36.4 Å². The Morgan fingerprint density at radius 2 is 1.58 bits per heavy atom. The number of para-hydroxylation sites is 2. The maximum absolute atomic E-state index is 12.5. The molecule has 1 saturated heterocycles. The second-order valence-electron chi connectivity index (χ2n) is 5.50. The molecule has 4 nitrogen and oxygen atoms in total. The number of carbonyl (C=O) groups excluding carboxylic acids is 2. The summed E-state index contributed by atoms with van der Waals surface area (Å²) < 4.78 is 0. The van der Waals surface area contributed by atoms with Gasteiger partial charge < -0.3 is 5.11 Å². The third kappa shape index (κ3) is 1.23. The van der Waals surface area contributed by atoms with E-state index < -0.39 is 0 Å². The molecule has 1 aliphatic heterocycles. The lowest BCUT2D eigenvalue weighted by Gasteiger charge is -2.18. The molecule has 96 valence electrons. The second kappa shape index (κ2) is 3.47. The number of imide groups is 1. The summed E-state index contributed by atoms with van der Waals surface area (Å²) in [5, 5.41) is 9.86. The van der Waals surface area contributed by atoms with E-state index in [2.05, 4.69) is 12.2 Å². The number of phenolic OH excluding ortho intramolecular Hbond substituents is 1. The van der Waals surface area contributed by atoms with Gasteiger partial charge in [0.1, 0.15) is 5.75 Å². The lowest BCUT2D eigenvalue weighted by molar-refractivity contribution is -0.123. The highest BCUT2D eigenvalue weighted by molar-refractivity contribution is 6.23. The normalized spacial score (nSPS) is 35.3. The van der Waals surface area contributed by atoms with Gasteiger partial charge in [-0.3, -0.25) is 9.59 Å². The Balaban J connectivity index is 1.79. The fourth-order valence-electron chi connectivity index (χ4n) is 3.79. The van der Waals surface area contributed by atoms with Gasteiger partial charge in [0.25, 0.3) is 0 Å². The van der Waals surface area contributed by atoms with Crippen molar-refractivity contribution in [3.8, 4) is 5.75 Å². The quantitative estimate of drug-likeness (QED) is 0.614. The van der Waals surface area contributed by atoms with Crippen LogP contribution in [0.5, 0.6) is 5.75 Å². The highest BCUT2D eigenvalue weighted by atomic mass is 16.3. The van der Waals surface area contributed by atoms with Gasteiger partial charge in [0, 0.05) is 0 Å². The minimum Gasteiger partial charge on any atom is -0.506 e. The first kappa shape index (κ1) is 10.8. The highest BCUT2D eigenvalue weighted by Crippen LogP contribution is 2.53. The van der Waals surface area contributed by atoms with Crippen molar-refractivity contribution in [2.45, 2.75) is 6.42 Å². The molecule has 2 aliphatic carbocycles. The van der Waals surface area contributed by atoms with Gasteiger partial charge in [0.15, 0.2) is 0 Å². The van der Waals surface area contributed by atoms with E-state index in [9.17, 15) is 14.7 Å².